The highest BCUT2D eigenvalue weighted by atomic mass is 32.2. The second-order valence-corrected chi connectivity index (χ2v) is 9.23. The summed E-state index contributed by atoms with van der Waals surface area (Å²) in [5.41, 5.74) is 0. The van der Waals surface area contributed by atoms with Crippen molar-refractivity contribution in [1.29, 1.82) is 0 Å². The molecule has 3 aliphatic rings. The summed E-state index contributed by atoms with van der Waals surface area (Å²) in [7, 11) is -1.23. The van der Waals surface area contributed by atoms with Crippen molar-refractivity contribution < 1.29 is 23.2 Å². The molecule has 136 valence electrons. The number of allylic oxidation sites excluding steroid dienone is 1. The molecule has 2 heterocycles. The van der Waals surface area contributed by atoms with Gasteiger partial charge in [0, 0.05) is 23.5 Å². The predicted molar refractivity (Wildman–Crippen MR) is 91.7 cm³/mol. The average Bonchev–Trinajstić information content (AvgIpc) is 2.98. The van der Waals surface area contributed by atoms with Crippen molar-refractivity contribution in [3.05, 3.63) is 11.8 Å². The molecule has 0 aromatic heterocycles. The zero-order chi connectivity index (χ0) is 17.5. The van der Waals surface area contributed by atoms with Gasteiger partial charge in [-0.05, 0) is 39.2 Å². The third kappa shape index (κ3) is 3.08. The lowest BCUT2D eigenvalue weighted by atomic mass is 9.79. The molecule has 0 bridgehead atoms. The van der Waals surface area contributed by atoms with E-state index in [4.69, 9.17) is 14.2 Å². The molecule has 6 heteroatoms. The van der Waals surface area contributed by atoms with Crippen LogP contribution in [0.1, 0.15) is 59.3 Å². The zero-order valence-electron chi connectivity index (χ0n) is 15.0. The van der Waals surface area contributed by atoms with Gasteiger partial charge in [-0.3, -0.25) is 9.00 Å². The van der Waals surface area contributed by atoms with E-state index in [-0.39, 0.29) is 17.8 Å². The Labute approximate surface area is 146 Å². The normalized spacial score (nSPS) is 38.0. The fraction of sp³-hybridized carbons (Fsp3) is 0.833. The second-order valence-electron chi connectivity index (χ2n) is 7.54. The first-order valence-corrected chi connectivity index (χ1v) is 10.4. The summed E-state index contributed by atoms with van der Waals surface area (Å²) in [5.74, 6) is 0.221. The fourth-order valence-corrected chi connectivity index (χ4v) is 5.17. The summed E-state index contributed by atoms with van der Waals surface area (Å²) in [5, 5.41) is 0. The van der Waals surface area contributed by atoms with Crippen LogP contribution in [0.2, 0.25) is 0 Å². The van der Waals surface area contributed by atoms with Crippen molar-refractivity contribution in [3.63, 3.8) is 0 Å². The number of carbonyl (C=O) groups is 1. The maximum atomic E-state index is 12.9. The van der Waals surface area contributed by atoms with Crippen LogP contribution in [0.4, 0.5) is 0 Å². The monoisotopic (exact) mass is 356 g/mol. The van der Waals surface area contributed by atoms with Crippen LogP contribution in [0.5, 0.6) is 0 Å². The fourth-order valence-electron chi connectivity index (χ4n) is 4.01. The Balaban J connectivity index is 1.80. The molecule has 5 nitrogen and oxygen atoms in total. The van der Waals surface area contributed by atoms with Gasteiger partial charge in [0.2, 0.25) is 6.29 Å². The maximum absolute atomic E-state index is 12.9. The van der Waals surface area contributed by atoms with E-state index in [1.54, 1.807) is 6.26 Å². The first kappa shape index (κ1) is 18.1. The summed E-state index contributed by atoms with van der Waals surface area (Å²) >= 11 is 0. The number of fused-ring (bicyclic) bond motifs is 3. The third-order valence-electron chi connectivity index (χ3n) is 5.35. The Hall–Kier alpha value is -0.720. The van der Waals surface area contributed by atoms with Crippen molar-refractivity contribution in [2.24, 2.45) is 5.92 Å². The van der Waals surface area contributed by atoms with Crippen molar-refractivity contribution >= 4 is 16.6 Å². The zero-order valence-corrected chi connectivity index (χ0v) is 15.8. The van der Waals surface area contributed by atoms with Crippen LogP contribution in [0.25, 0.3) is 0 Å². The summed E-state index contributed by atoms with van der Waals surface area (Å²) in [6.07, 6.45) is 7.41. The van der Waals surface area contributed by atoms with Gasteiger partial charge in [-0.2, -0.15) is 0 Å². The van der Waals surface area contributed by atoms with Gasteiger partial charge in [-0.1, -0.05) is 19.8 Å². The number of rotatable bonds is 6. The first-order chi connectivity index (χ1) is 11.3. The molecule has 1 unspecified atom stereocenters. The molecule has 24 heavy (non-hydrogen) atoms. The van der Waals surface area contributed by atoms with E-state index in [1.165, 1.54) is 0 Å². The predicted octanol–water partition coefficient (Wildman–Crippen LogP) is 3.05. The Morgan fingerprint density at radius 1 is 1.33 bits per heavy atom. The molecule has 5 atom stereocenters. The lowest BCUT2D eigenvalue weighted by molar-refractivity contribution is -0.187. The summed E-state index contributed by atoms with van der Waals surface area (Å²) in [6.45, 7) is 5.84. The lowest BCUT2D eigenvalue weighted by Gasteiger charge is -2.36. The van der Waals surface area contributed by atoms with E-state index >= 15 is 0 Å². The molecule has 0 saturated carbocycles. The van der Waals surface area contributed by atoms with Crippen LogP contribution in [-0.2, 0) is 29.8 Å². The smallest absolute Gasteiger partial charge is 0.229 e. The number of hydrogen-bond donors (Lipinski definition) is 0. The molecule has 0 aromatic carbocycles. The van der Waals surface area contributed by atoms with Crippen molar-refractivity contribution in [1.82, 2.24) is 0 Å². The van der Waals surface area contributed by atoms with E-state index in [1.807, 2.05) is 19.9 Å². The minimum absolute atomic E-state index is 0.0513. The molecule has 1 aliphatic carbocycles. The third-order valence-corrected chi connectivity index (χ3v) is 7.01. The van der Waals surface area contributed by atoms with Crippen LogP contribution >= 0.6 is 0 Å². The molecule has 0 N–H and O–H groups in total. The van der Waals surface area contributed by atoms with Crippen LogP contribution in [0.15, 0.2) is 11.8 Å². The molecular formula is C18H28O5S. The summed E-state index contributed by atoms with van der Waals surface area (Å²) < 4.78 is 29.4. The molecule has 0 amide bonds. The number of hydrogen-bond acceptors (Lipinski definition) is 5. The Kier molecular flexibility index (Phi) is 4.93. The van der Waals surface area contributed by atoms with Gasteiger partial charge >= 0.3 is 0 Å². The first-order valence-electron chi connectivity index (χ1n) is 8.88. The Morgan fingerprint density at radius 2 is 2.08 bits per heavy atom. The van der Waals surface area contributed by atoms with E-state index in [0.29, 0.717) is 19.3 Å². The van der Waals surface area contributed by atoms with Crippen LogP contribution in [0, 0.1) is 5.92 Å². The van der Waals surface area contributed by atoms with E-state index in [2.05, 4.69) is 6.92 Å². The molecule has 0 spiro atoms. The van der Waals surface area contributed by atoms with Gasteiger partial charge in [0.25, 0.3) is 0 Å². The van der Waals surface area contributed by atoms with Gasteiger partial charge in [0.05, 0.1) is 5.92 Å². The van der Waals surface area contributed by atoms with Crippen LogP contribution < -0.4 is 0 Å². The minimum Gasteiger partial charge on any atom is -0.466 e. The Bertz CT molecular complexity index is 570. The summed E-state index contributed by atoms with van der Waals surface area (Å²) in [6, 6.07) is 0. The van der Waals surface area contributed by atoms with Crippen molar-refractivity contribution in [2.75, 3.05) is 6.26 Å². The summed E-state index contributed by atoms with van der Waals surface area (Å²) in [4.78, 5) is 12.9. The number of ketones is 1. The van der Waals surface area contributed by atoms with E-state index < -0.39 is 27.6 Å². The number of unbranched alkanes of at least 4 members (excludes halogenated alkanes) is 2. The number of carbonyl (C=O) groups excluding carboxylic acids is 1. The molecule has 2 fully saturated rings. The molecule has 0 radical (unpaired) electrons. The van der Waals surface area contributed by atoms with Gasteiger partial charge in [0.1, 0.15) is 16.6 Å². The van der Waals surface area contributed by atoms with E-state index in [9.17, 15) is 9.00 Å². The standard InChI is InChI=1S/C18H28O5S/c1-5-6-7-8-14(19)18(24(4)20)10-9-13-12(11-18)15-16(21-13)23-17(2,3)22-15/h9,12,15-16H,5-8,10-11H2,1-4H3/t12-,15+,16+,18+,24?/m0/s1. The minimum atomic E-state index is -1.23. The van der Waals surface area contributed by atoms with E-state index in [0.717, 1.165) is 25.0 Å². The molecule has 0 aromatic rings. The SMILES string of the molecule is CCCCCC(=O)[C@@]1(S(C)=O)CC=C2O[C@@H]3OC(C)(C)O[C@@H]3[C@H]2C1. The van der Waals surface area contributed by atoms with Gasteiger partial charge in [0.15, 0.2) is 11.6 Å². The largest absolute Gasteiger partial charge is 0.466 e. The Morgan fingerprint density at radius 3 is 2.75 bits per heavy atom. The number of Topliss-reactive ketones (excluding diaryl/α,β-unsaturated/α-hetero) is 1. The van der Waals surface area contributed by atoms with Gasteiger partial charge in [-0.25, -0.2) is 0 Å². The second kappa shape index (κ2) is 6.54. The molecule has 3 rings (SSSR count). The van der Waals surface area contributed by atoms with Gasteiger partial charge < -0.3 is 14.2 Å². The maximum Gasteiger partial charge on any atom is 0.229 e. The lowest BCUT2D eigenvalue weighted by Crippen LogP contribution is -2.47. The molecule has 2 aliphatic heterocycles. The van der Waals surface area contributed by atoms with Crippen LogP contribution in [-0.4, -0.2) is 39.2 Å². The quantitative estimate of drug-likeness (QED) is 0.685. The highest BCUT2D eigenvalue weighted by Gasteiger charge is 2.58. The molecular weight excluding hydrogens is 328 g/mol. The van der Waals surface area contributed by atoms with Gasteiger partial charge in [-0.15, -0.1) is 0 Å². The van der Waals surface area contributed by atoms with Crippen molar-refractivity contribution in [3.8, 4) is 0 Å². The van der Waals surface area contributed by atoms with Crippen LogP contribution in [0.3, 0.4) is 0 Å². The molecule has 2 saturated heterocycles. The highest BCUT2D eigenvalue weighted by molar-refractivity contribution is 7.86. The topological polar surface area (TPSA) is 61.8 Å². The average molecular weight is 356 g/mol. The number of ether oxygens (including phenoxy) is 3. The van der Waals surface area contributed by atoms with Crippen molar-refractivity contribution in [2.45, 2.75) is 82.2 Å². The highest BCUT2D eigenvalue weighted by Crippen LogP contribution is 2.50.